The third-order valence-electron chi connectivity index (χ3n) is 5.99. The minimum Gasteiger partial charge on any atom is -0.327 e. The predicted octanol–water partition coefficient (Wildman–Crippen LogP) is 4.58. The van der Waals surface area contributed by atoms with E-state index in [1.165, 1.54) is 58.0 Å². The van der Waals surface area contributed by atoms with Gasteiger partial charge in [-0.25, -0.2) is 0 Å². The largest absolute Gasteiger partial charge is 0.327 e. The van der Waals surface area contributed by atoms with Gasteiger partial charge in [0.2, 0.25) is 0 Å². The van der Waals surface area contributed by atoms with Gasteiger partial charge in [0.25, 0.3) is 0 Å². The van der Waals surface area contributed by atoms with Crippen molar-refractivity contribution in [2.24, 2.45) is 28.9 Å². The van der Waals surface area contributed by atoms with Crippen LogP contribution in [0.25, 0.3) is 0 Å². The number of hydrogen-bond acceptors (Lipinski definition) is 2. The van der Waals surface area contributed by atoms with E-state index in [0.29, 0.717) is 17.4 Å². The van der Waals surface area contributed by atoms with Gasteiger partial charge in [0, 0.05) is 6.04 Å². The molecule has 1 rings (SSSR count). The zero-order chi connectivity index (χ0) is 15.9. The van der Waals surface area contributed by atoms with E-state index in [9.17, 15) is 0 Å². The average molecular weight is 297 g/mol. The van der Waals surface area contributed by atoms with E-state index in [1.807, 2.05) is 0 Å². The van der Waals surface area contributed by atoms with Crippen molar-refractivity contribution in [3.63, 3.8) is 0 Å². The first kappa shape index (κ1) is 19.0. The SMILES string of the molecule is CC(C)CCCCCCNCC1CCC(N)C(C)C1(C)C. The van der Waals surface area contributed by atoms with Gasteiger partial charge in [0.15, 0.2) is 0 Å². The molecule has 0 amide bonds. The molecule has 1 saturated carbocycles. The molecule has 0 radical (unpaired) electrons. The van der Waals surface area contributed by atoms with Gasteiger partial charge >= 0.3 is 0 Å². The van der Waals surface area contributed by atoms with Gasteiger partial charge in [0.1, 0.15) is 0 Å². The van der Waals surface area contributed by atoms with Gasteiger partial charge in [-0.2, -0.15) is 0 Å². The number of hydrogen-bond donors (Lipinski definition) is 2. The van der Waals surface area contributed by atoms with E-state index in [2.05, 4.69) is 39.9 Å². The highest BCUT2D eigenvalue weighted by Gasteiger charge is 2.40. The molecule has 0 spiro atoms. The lowest BCUT2D eigenvalue weighted by Gasteiger charge is -2.47. The quantitative estimate of drug-likeness (QED) is 0.611. The van der Waals surface area contributed by atoms with Crippen molar-refractivity contribution in [2.45, 2.75) is 85.6 Å². The van der Waals surface area contributed by atoms with Crippen LogP contribution in [0.1, 0.15) is 79.6 Å². The summed E-state index contributed by atoms with van der Waals surface area (Å²) in [6.45, 7) is 14.2. The second-order valence-electron chi connectivity index (χ2n) is 8.35. The fraction of sp³-hybridized carbons (Fsp3) is 1.00. The van der Waals surface area contributed by atoms with Crippen LogP contribution in [0.2, 0.25) is 0 Å². The average Bonchev–Trinajstić information content (AvgIpc) is 2.41. The topological polar surface area (TPSA) is 38.0 Å². The van der Waals surface area contributed by atoms with Crippen LogP contribution >= 0.6 is 0 Å². The van der Waals surface area contributed by atoms with Crippen molar-refractivity contribution in [1.29, 1.82) is 0 Å². The molecule has 3 unspecified atom stereocenters. The molecular formula is C19H40N2. The molecule has 1 aliphatic rings. The summed E-state index contributed by atoms with van der Waals surface area (Å²) in [6, 6.07) is 0.400. The van der Waals surface area contributed by atoms with Crippen LogP contribution in [0.4, 0.5) is 0 Å². The Balaban J connectivity index is 2.10. The van der Waals surface area contributed by atoms with Crippen LogP contribution in [0.5, 0.6) is 0 Å². The van der Waals surface area contributed by atoms with Gasteiger partial charge in [-0.3, -0.25) is 0 Å². The predicted molar refractivity (Wildman–Crippen MR) is 94.4 cm³/mol. The lowest BCUT2D eigenvalue weighted by Crippen LogP contribution is -2.49. The van der Waals surface area contributed by atoms with Crippen molar-refractivity contribution in [2.75, 3.05) is 13.1 Å². The molecule has 3 N–H and O–H groups in total. The Hall–Kier alpha value is -0.0800. The lowest BCUT2D eigenvalue weighted by molar-refractivity contribution is 0.0541. The van der Waals surface area contributed by atoms with Crippen LogP contribution in [0.3, 0.4) is 0 Å². The number of nitrogens with one attached hydrogen (secondary N) is 1. The standard InChI is InChI=1S/C19H40N2/c1-15(2)10-8-6-7-9-13-21-14-17-11-12-18(20)16(3)19(17,4)5/h15-18,21H,6-14,20H2,1-5H3. The summed E-state index contributed by atoms with van der Waals surface area (Å²) in [5.41, 5.74) is 6.62. The monoisotopic (exact) mass is 296 g/mol. The minimum atomic E-state index is 0.377. The van der Waals surface area contributed by atoms with Crippen molar-refractivity contribution in [3.8, 4) is 0 Å². The molecule has 0 aromatic carbocycles. The van der Waals surface area contributed by atoms with Crippen molar-refractivity contribution in [3.05, 3.63) is 0 Å². The van der Waals surface area contributed by atoms with E-state index in [1.54, 1.807) is 0 Å². The maximum absolute atomic E-state index is 6.24. The molecule has 2 nitrogen and oxygen atoms in total. The Morgan fingerprint density at radius 3 is 2.43 bits per heavy atom. The van der Waals surface area contributed by atoms with Gasteiger partial charge in [-0.05, 0) is 55.5 Å². The fourth-order valence-corrected chi connectivity index (χ4v) is 3.74. The lowest BCUT2D eigenvalue weighted by atomic mass is 9.61. The molecule has 0 heterocycles. The summed E-state index contributed by atoms with van der Waals surface area (Å²) in [5, 5.41) is 3.70. The summed E-state index contributed by atoms with van der Waals surface area (Å²) in [6.07, 6.45) is 9.41. The summed E-state index contributed by atoms with van der Waals surface area (Å²) >= 11 is 0. The van der Waals surface area contributed by atoms with Gasteiger partial charge < -0.3 is 11.1 Å². The fourth-order valence-electron chi connectivity index (χ4n) is 3.74. The van der Waals surface area contributed by atoms with Gasteiger partial charge in [-0.15, -0.1) is 0 Å². The first-order valence-electron chi connectivity index (χ1n) is 9.32. The first-order valence-corrected chi connectivity index (χ1v) is 9.32. The summed E-state index contributed by atoms with van der Waals surface area (Å²) in [7, 11) is 0. The van der Waals surface area contributed by atoms with Gasteiger partial charge in [-0.1, -0.05) is 60.3 Å². The van der Waals surface area contributed by atoms with E-state index in [4.69, 9.17) is 5.73 Å². The van der Waals surface area contributed by atoms with Gasteiger partial charge in [0.05, 0.1) is 0 Å². The zero-order valence-electron chi connectivity index (χ0n) is 15.3. The van der Waals surface area contributed by atoms with E-state index >= 15 is 0 Å². The second kappa shape index (κ2) is 9.15. The Labute approximate surface area is 133 Å². The maximum Gasteiger partial charge on any atom is 0.00698 e. The van der Waals surface area contributed by atoms with Crippen LogP contribution in [0.15, 0.2) is 0 Å². The molecule has 0 aliphatic heterocycles. The van der Waals surface area contributed by atoms with E-state index in [-0.39, 0.29) is 0 Å². The van der Waals surface area contributed by atoms with Crippen LogP contribution in [0, 0.1) is 23.2 Å². The maximum atomic E-state index is 6.24. The summed E-state index contributed by atoms with van der Waals surface area (Å²) in [4.78, 5) is 0. The summed E-state index contributed by atoms with van der Waals surface area (Å²) in [5.74, 6) is 2.28. The Morgan fingerprint density at radius 1 is 1.10 bits per heavy atom. The molecule has 1 fully saturated rings. The molecule has 2 heteroatoms. The molecule has 0 aromatic heterocycles. The Kier molecular flexibility index (Phi) is 8.26. The van der Waals surface area contributed by atoms with Crippen LogP contribution < -0.4 is 11.1 Å². The number of rotatable bonds is 9. The third-order valence-corrected chi connectivity index (χ3v) is 5.99. The highest BCUT2D eigenvalue weighted by molar-refractivity contribution is 4.94. The molecular weight excluding hydrogens is 256 g/mol. The molecule has 0 saturated heterocycles. The number of nitrogens with two attached hydrogens (primary N) is 1. The molecule has 3 atom stereocenters. The molecule has 0 aromatic rings. The zero-order valence-corrected chi connectivity index (χ0v) is 15.3. The van der Waals surface area contributed by atoms with E-state index < -0.39 is 0 Å². The molecule has 0 bridgehead atoms. The van der Waals surface area contributed by atoms with Crippen molar-refractivity contribution >= 4 is 0 Å². The Bertz CT molecular complexity index is 273. The highest BCUT2D eigenvalue weighted by atomic mass is 14.9. The third kappa shape index (κ3) is 6.28. The van der Waals surface area contributed by atoms with Crippen molar-refractivity contribution in [1.82, 2.24) is 5.32 Å². The highest BCUT2D eigenvalue weighted by Crippen LogP contribution is 2.43. The molecule has 21 heavy (non-hydrogen) atoms. The van der Waals surface area contributed by atoms with Crippen molar-refractivity contribution < 1.29 is 0 Å². The normalized spacial score (nSPS) is 29.0. The first-order chi connectivity index (χ1) is 9.85. The minimum absolute atomic E-state index is 0.377. The molecule has 126 valence electrons. The van der Waals surface area contributed by atoms with Crippen LogP contribution in [-0.4, -0.2) is 19.1 Å². The smallest absolute Gasteiger partial charge is 0.00698 e. The number of unbranched alkanes of at least 4 members (excludes halogenated alkanes) is 3. The summed E-state index contributed by atoms with van der Waals surface area (Å²) < 4.78 is 0. The Morgan fingerprint density at radius 2 is 1.76 bits per heavy atom. The second-order valence-corrected chi connectivity index (χ2v) is 8.35. The van der Waals surface area contributed by atoms with E-state index in [0.717, 1.165) is 11.8 Å². The van der Waals surface area contributed by atoms with Crippen LogP contribution in [-0.2, 0) is 0 Å². The molecule has 1 aliphatic carbocycles.